The second-order valence-corrected chi connectivity index (χ2v) is 6.22. The van der Waals surface area contributed by atoms with Gasteiger partial charge in [0.2, 0.25) is 5.89 Å². The van der Waals surface area contributed by atoms with Crippen molar-refractivity contribution in [1.29, 1.82) is 0 Å². The molecule has 1 aromatic heterocycles. The van der Waals surface area contributed by atoms with Gasteiger partial charge in [0, 0.05) is 10.0 Å². The van der Waals surface area contributed by atoms with Crippen molar-refractivity contribution in [2.45, 2.75) is 13.8 Å². The highest BCUT2D eigenvalue weighted by molar-refractivity contribution is 9.11. The molecule has 19 heavy (non-hydrogen) atoms. The molecule has 0 amide bonds. The van der Waals surface area contributed by atoms with Gasteiger partial charge < -0.3 is 4.42 Å². The van der Waals surface area contributed by atoms with Gasteiger partial charge in [0.25, 0.3) is 0 Å². The summed E-state index contributed by atoms with van der Waals surface area (Å²) in [6, 6.07) is 10.00. The Morgan fingerprint density at radius 3 is 2.42 bits per heavy atom. The van der Waals surface area contributed by atoms with Crippen molar-refractivity contribution in [1.82, 2.24) is 4.98 Å². The lowest BCUT2D eigenvalue weighted by molar-refractivity contribution is 0.617. The Morgan fingerprint density at radius 2 is 1.74 bits per heavy atom. The topological polar surface area (TPSA) is 26.0 Å². The van der Waals surface area contributed by atoms with Crippen molar-refractivity contribution < 1.29 is 4.42 Å². The highest BCUT2D eigenvalue weighted by Gasteiger charge is 2.13. The van der Waals surface area contributed by atoms with Crippen LogP contribution in [0, 0.1) is 13.8 Å². The predicted octanol–water partition coefficient (Wildman–Crippen LogP) is 5.64. The zero-order valence-corrected chi connectivity index (χ0v) is 13.7. The summed E-state index contributed by atoms with van der Waals surface area (Å²) < 4.78 is 7.91. The van der Waals surface area contributed by atoms with Crippen LogP contribution in [0.25, 0.3) is 22.6 Å². The van der Waals surface area contributed by atoms with Crippen LogP contribution >= 0.6 is 31.9 Å². The monoisotopic (exact) mass is 379 g/mol. The highest BCUT2D eigenvalue weighted by atomic mass is 79.9. The molecule has 0 aliphatic heterocycles. The number of hydrogen-bond acceptors (Lipinski definition) is 2. The molecule has 0 aliphatic carbocycles. The first-order chi connectivity index (χ1) is 9.06. The van der Waals surface area contributed by atoms with E-state index in [1.54, 1.807) is 0 Å². The zero-order valence-electron chi connectivity index (χ0n) is 10.5. The predicted molar refractivity (Wildman–Crippen MR) is 84.3 cm³/mol. The maximum Gasteiger partial charge on any atom is 0.227 e. The molecule has 0 saturated heterocycles. The van der Waals surface area contributed by atoms with Crippen LogP contribution in [0.2, 0.25) is 0 Å². The van der Waals surface area contributed by atoms with Crippen LogP contribution in [-0.4, -0.2) is 4.98 Å². The molecular formula is C15H11Br2NO. The van der Waals surface area contributed by atoms with Crippen molar-refractivity contribution in [3.05, 3.63) is 50.4 Å². The fourth-order valence-corrected chi connectivity index (χ4v) is 2.82. The number of benzene rings is 2. The third-order valence-electron chi connectivity index (χ3n) is 3.22. The van der Waals surface area contributed by atoms with Gasteiger partial charge in [0.05, 0.1) is 4.47 Å². The van der Waals surface area contributed by atoms with Gasteiger partial charge in [-0.2, -0.15) is 0 Å². The van der Waals surface area contributed by atoms with E-state index in [1.807, 2.05) is 24.3 Å². The number of oxazole rings is 1. The molecule has 0 fully saturated rings. The number of halogens is 2. The number of rotatable bonds is 1. The Morgan fingerprint density at radius 1 is 1.05 bits per heavy atom. The van der Waals surface area contributed by atoms with E-state index in [1.165, 1.54) is 11.1 Å². The van der Waals surface area contributed by atoms with Gasteiger partial charge in [0.1, 0.15) is 5.52 Å². The summed E-state index contributed by atoms with van der Waals surface area (Å²) in [5, 5.41) is 0. The molecule has 0 aliphatic rings. The molecule has 3 rings (SSSR count). The van der Waals surface area contributed by atoms with Crippen molar-refractivity contribution in [3.63, 3.8) is 0 Å². The normalized spacial score (nSPS) is 11.2. The molecule has 0 unspecified atom stereocenters. The quantitative estimate of drug-likeness (QED) is 0.546. The van der Waals surface area contributed by atoms with Gasteiger partial charge in [0.15, 0.2) is 5.58 Å². The minimum absolute atomic E-state index is 0.646. The summed E-state index contributed by atoms with van der Waals surface area (Å²) in [5.41, 5.74) is 5.05. The summed E-state index contributed by atoms with van der Waals surface area (Å²) in [7, 11) is 0. The molecular weight excluding hydrogens is 370 g/mol. The Labute approximate surface area is 128 Å². The minimum Gasteiger partial charge on any atom is -0.435 e. The van der Waals surface area contributed by atoms with Gasteiger partial charge in [-0.05, 0) is 71.2 Å². The molecule has 3 aromatic rings. The summed E-state index contributed by atoms with van der Waals surface area (Å²) in [4.78, 5) is 4.56. The molecule has 2 aromatic carbocycles. The van der Waals surface area contributed by atoms with Crippen LogP contribution in [0.15, 0.2) is 43.7 Å². The number of nitrogens with zero attached hydrogens (tertiary/aromatic N) is 1. The second kappa shape index (κ2) is 4.76. The van der Waals surface area contributed by atoms with Crippen LogP contribution in [0.4, 0.5) is 0 Å². The van der Waals surface area contributed by atoms with Crippen molar-refractivity contribution in [2.75, 3.05) is 0 Å². The highest BCUT2D eigenvalue weighted by Crippen LogP contribution is 2.33. The molecule has 4 heteroatoms. The fraction of sp³-hybridized carbons (Fsp3) is 0.133. The molecule has 0 spiro atoms. The lowest BCUT2D eigenvalue weighted by Gasteiger charge is -2.01. The number of hydrogen-bond donors (Lipinski definition) is 0. The average molecular weight is 381 g/mol. The molecule has 96 valence electrons. The summed E-state index contributed by atoms with van der Waals surface area (Å²) in [6.07, 6.45) is 0. The van der Waals surface area contributed by atoms with Crippen molar-refractivity contribution in [2.24, 2.45) is 0 Å². The summed E-state index contributed by atoms with van der Waals surface area (Å²) in [5.74, 6) is 0.646. The Hall–Kier alpha value is -1.13. The first-order valence-corrected chi connectivity index (χ1v) is 7.47. The van der Waals surface area contributed by atoms with E-state index in [0.717, 1.165) is 25.6 Å². The van der Waals surface area contributed by atoms with E-state index < -0.39 is 0 Å². The van der Waals surface area contributed by atoms with E-state index in [-0.39, 0.29) is 0 Å². The van der Waals surface area contributed by atoms with Crippen LogP contribution in [0.1, 0.15) is 11.1 Å². The maximum atomic E-state index is 5.89. The number of fused-ring (bicyclic) bond motifs is 1. The van der Waals surface area contributed by atoms with Crippen molar-refractivity contribution >= 4 is 43.0 Å². The van der Waals surface area contributed by atoms with Gasteiger partial charge >= 0.3 is 0 Å². The van der Waals surface area contributed by atoms with E-state index in [4.69, 9.17) is 4.42 Å². The van der Waals surface area contributed by atoms with Crippen LogP contribution < -0.4 is 0 Å². The fourth-order valence-electron chi connectivity index (χ4n) is 1.96. The number of aromatic nitrogens is 1. The molecule has 0 radical (unpaired) electrons. The average Bonchev–Trinajstić information content (AvgIpc) is 2.81. The molecule has 0 atom stereocenters. The van der Waals surface area contributed by atoms with Crippen molar-refractivity contribution in [3.8, 4) is 11.5 Å². The van der Waals surface area contributed by atoms with Crippen LogP contribution in [-0.2, 0) is 0 Å². The Bertz CT molecular complexity index is 760. The second-order valence-electron chi connectivity index (χ2n) is 4.51. The van der Waals surface area contributed by atoms with Gasteiger partial charge in [-0.1, -0.05) is 15.9 Å². The van der Waals surface area contributed by atoms with Gasteiger partial charge in [-0.15, -0.1) is 0 Å². The molecule has 0 saturated carbocycles. The summed E-state index contributed by atoms with van der Waals surface area (Å²) >= 11 is 7.01. The molecule has 1 heterocycles. The summed E-state index contributed by atoms with van der Waals surface area (Å²) in [6.45, 7) is 4.15. The lowest BCUT2D eigenvalue weighted by atomic mass is 10.1. The van der Waals surface area contributed by atoms with Gasteiger partial charge in [-0.3, -0.25) is 0 Å². The molecule has 0 N–H and O–H groups in total. The van der Waals surface area contributed by atoms with E-state index in [2.05, 4.69) is 56.8 Å². The maximum absolute atomic E-state index is 5.89. The lowest BCUT2D eigenvalue weighted by Crippen LogP contribution is -1.83. The van der Waals surface area contributed by atoms with E-state index in [0.29, 0.717) is 5.89 Å². The molecule has 2 nitrogen and oxygen atoms in total. The van der Waals surface area contributed by atoms with Crippen LogP contribution in [0.5, 0.6) is 0 Å². The van der Waals surface area contributed by atoms with Gasteiger partial charge in [-0.25, -0.2) is 4.98 Å². The van der Waals surface area contributed by atoms with E-state index in [9.17, 15) is 0 Å². The molecule has 0 bridgehead atoms. The third-order valence-corrected chi connectivity index (χ3v) is 4.70. The Kier molecular flexibility index (Phi) is 3.23. The largest absolute Gasteiger partial charge is 0.435 e. The standard InChI is InChI=1S/C15H11Br2NO/c1-8-7-12-14(13(17)9(8)2)19-15(18-12)10-3-5-11(16)6-4-10/h3-7H,1-2H3. The SMILES string of the molecule is Cc1cc2nc(-c3ccc(Br)cc3)oc2c(Br)c1C. The minimum atomic E-state index is 0.646. The first kappa shape index (κ1) is 12.9. The third kappa shape index (κ3) is 2.23. The van der Waals surface area contributed by atoms with Crippen LogP contribution in [0.3, 0.4) is 0 Å². The first-order valence-electron chi connectivity index (χ1n) is 5.88. The number of aryl methyl sites for hydroxylation is 1. The Balaban J connectivity index is 2.22. The zero-order chi connectivity index (χ0) is 13.6. The van der Waals surface area contributed by atoms with E-state index >= 15 is 0 Å². The smallest absolute Gasteiger partial charge is 0.227 e.